The number of morpholine rings is 1. The monoisotopic (exact) mass is 501 g/mol. The fraction of sp³-hybridized carbons (Fsp3) is 0.444. The van der Waals surface area contributed by atoms with Gasteiger partial charge in [0.15, 0.2) is 0 Å². The largest absolute Gasteiger partial charge is 0.381 e. The number of fused-ring (bicyclic) bond motifs is 1. The zero-order valence-electron chi connectivity index (χ0n) is 26.9. The molecule has 3 unspecified atom stereocenters. The molecule has 0 spiro atoms. The molecule has 8 nitrogen and oxygen atoms in total. The molecule has 2 aromatic rings. The first kappa shape index (κ1) is 17.2. The fourth-order valence-electron chi connectivity index (χ4n) is 4.69. The molecule has 36 heavy (non-hydrogen) atoms. The summed E-state index contributed by atoms with van der Waals surface area (Å²) in [4.78, 5) is 40.7. The van der Waals surface area contributed by atoms with E-state index < -0.39 is 48.8 Å². The lowest BCUT2D eigenvalue weighted by molar-refractivity contribution is -0.136. The SMILES string of the molecule is [2H]C1([2H])c2c(NCc3cc(CN4CC(C)OC(C)C4)ccc3F)cccc2C(=O)N1C1([2H])C(=O)NC(=O)C([2H])([2H])C1([2H])[2H]. The van der Waals surface area contributed by atoms with Crippen LogP contribution in [0.25, 0.3) is 0 Å². The van der Waals surface area contributed by atoms with Crippen molar-refractivity contribution in [1.29, 1.82) is 0 Å². The molecule has 2 N–H and O–H groups in total. The zero-order chi connectivity index (χ0) is 31.7. The van der Waals surface area contributed by atoms with Crippen LogP contribution >= 0.6 is 0 Å². The van der Waals surface area contributed by atoms with Crippen LogP contribution in [0.2, 0.25) is 0 Å². The van der Waals surface area contributed by atoms with Crippen molar-refractivity contribution in [2.24, 2.45) is 0 Å². The Labute approximate surface area is 219 Å². The van der Waals surface area contributed by atoms with Crippen molar-refractivity contribution in [2.45, 2.75) is 64.4 Å². The van der Waals surface area contributed by atoms with E-state index in [0.717, 1.165) is 5.56 Å². The van der Waals surface area contributed by atoms with Crippen LogP contribution in [0.5, 0.6) is 0 Å². The third-order valence-electron chi connectivity index (χ3n) is 6.16. The molecule has 0 saturated carbocycles. The standard InChI is InChI=1S/C27H31FN4O4/c1-16-12-31(13-17(2)36-16)14-18-6-7-22(28)19(10-18)11-29-23-5-3-4-20-21(23)15-32(27(20)35)24-8-9-25(33)30-26(24)34/h3-7,10,16-17,24,29H,8-9,11-15H2,1-2H3,(H,30,33,34)/i8D2,9D2,15D2,24D. The van der Waals surface area contributed by atoms with Crippen LogP contribution in [0.4, 0.5) is 10.1 Å². The van der Waals surface area contributed by atoms with Crippen LogP contribution in [0.15, 0.2) is 36.4 Å². The van der Waals surface area contributed by atoms with Crippen molar-refractivity contribution in [3.63, 3.8) is 0 Å². The maximum absolute atomic E-state index is 14.9. The number of rotatable bonds is 6. The number of anilines is 1. The first-order valence-electron chi connectivity index (χ1n) is 15.2. The molecular formula is C27H31FN4O4. The number of nitrogens with one attached hydrogen (secondary N) is 2. The number of amides is 3. The van der Waals surface area contributed by atoms with E-state index >= 15 is 0 Å². The van der Waals surface area contributed by atoms with Gasteiger partial charge in [-0.3, -0.25) is 24.6 Å². The number of benzene rings is 2. The lowest BCUT2D eigenvalue weighted by atomic mass is 10.0. The van der Waals surface area contributed by atoms with Gasteiger partial charge in [-0.25, -0.2) is 4.39 Å². The summed E-state index contributed by atoms with van der Waals surface area (Å²) in [6.45, 7) is 2.83. The fourth-order valence-corrected chi connectivity index (χ4v) is 4.69. The third kappa shape index (κ3) is 4.99. The molecule has 0 bridgehead atoms. The topological polar surface area (TPSA) is 91.0 Å². The van der Waals surface area contributed by atoms with Crippen LogP contribution in [0.1, 0.15) is 63.2 Å². The highest BCUT2D eigenvalue weighted by Crippen LogP contribution is 2.32. The predicted molar refractivity (Wildman–Crippen MR) is 131 cm³/mol. The Hall–Kier alpha value is -3.30. The molecule has 3 amide bonds. The lowest BCUT2D eigenvalue weighted by Crippen LogP contribution is -2.52. The highest BCUT2D eigenvalue weighted by molar-refractivity contribution is 6.06. The summed E-state index contributed by atoms with van der Waals surface area (Å²) in [5, 5.41) is 4.51. The van der Waals surface area contributed by atoms with Crippen molar-refractivity contribution in [3.8, 4) is 0 Å². The Morgan fingerprint density at radius 1 is 1.19 bits per heavy atom. The van der Waals surface area contributed by atoms with Gasteiger partial charge in [-0.2, -0.15) is 0 Å². The quantitative estimate of drug-likeness (QED) is 0.592. The third-order valence-corrected chi connectivity index (χ3v) is 6.16. The number of carbonyl (C=O) groups excluding carboxylic acids is 3. The van der Waals surface area contributed by atoms with E-state index in [-0.39, 0.29) is 46.0 Å². The minimum atomic E-state index is -3.64. The molecule has 5 rings (SSSR count). The van der Waals surface area contributed by atoms with Gasteiger partial charge in [0, 0.05) is 66.9 Å². The van der Waals surface area contributed by atoms with Gasteiger partial charge >= 0.3 is 0 Å². The van der Waals surface area contributed by atoms with Gasteiger partial charge in [0.05, 0.1) is 16.3 Å². The van der Waals surface area contributed by atoms with E-state index in [9.17, 15) is 18.8 Å². The molecule has 2 saturated heterocycles. The molecule has 0 aliphatic carbocycles. The zero-order valence-corrected chi connectivity index (χ0v) is 19.9. The minimum Gasteiger partial charge on any atom is -0.381 e. The van der Waals surface area contributed by atoms with E-state index in [4.69, 9.17) is 14.3 Å². The molecule has 3 atom stereocenters. The van der Waals surface area contributed by atoms with E-state index in [1.54, 1.807) is 17.4 Å². The minimum absolute atomic E-state index is 0.0263. The smallest absolute Gasteiger partial charge is 0.255 e. The van der Waals surface area contributed by atoms with Crippen molar-refractivity contribution in [2.75, 3.05) is 18.4 Å². The van der Waals surface area contributed by atoms with Gasteiger partial charge in [0.1, 0.15) is 11.8 Å². The molecule has 3 aliphatic rings. The maximum atomic E-state index is 14.9. The molecule has 190 valence electrons. The van der Waals surface area contributed by atoms with Gasteiger partial charge in [0.25, 0.3) is 5.91 Å². The van der Waals surface area contributed by atoms with E-state index in [0.29, 0.717) is 19.6 Å². The van der Waals surface area contributed by atoms with E-state index in [1.807, 2.05) is 13.8 Å². The van der Waals surface area contributed by atoms with Gasteiger partial charge in [-0.15, -0.1) is 0 Å². The average Bonchev–Trinajstić information content (AvgIpc) is 3.12. The van der Waals surface area contributed by atoms with Crippen LogP contribution < -0.4 is 10.6 Å². The van der Waals surface area contributed by atoms with E-state index in [1.165, 1.54) is 24.3 Å². The second-order valence-corrected chi connectivity index (χ2v) is 9.09. The number of imide groups is 1. The normalized spacial score (nSPS) is 33.7. The Morgan fingerprint density at radius 3 is 2.75 bits per heavy atom. The van der Waals surface area contributed by atoms with Gasteiger partial charge < -0.3 is 15.0 Å². The van der Waals surface area contributed by atoms with Crippen LogP contribution in [0, 0.1) is 5.82 Å². The highest BCUT2D eigenvalue weighted by atomic mass is 19.1. The van der Waals surface area contributed by atoms with Crippen LogP contribution in [-0.2, 0) is 33.9 Å². The number of hydrogen-bond acceptors (Lipinski definition) is 6. The number of ether oxygens (including phenoxy) is 1. The maximum Gasteiger partial charge on any atom is 0.255 e. The van der Waals surface area contributed by atoms with Crippen molar-refractivity contribution < 1.29 is 33.1 Å². The molecule has 3 aliphatic heterocycles. The molecule has 3 heterocycles. The number of nitrogens with zero attached hydrogens (tertiary/aromatic N) is 2. The Bertz CT molecular complexity index is 1500. The number of piperidine rings is 1. The Morgan fingerprint density at radius 2 is 1.97 bits per heavy atom. The second kappa shape index (κ2) is 9.99. The molecule has 2 aromatic carbocycles. The Kier molecular flexibility index (Phi) is 4.77. The van der Waals surface area contributed by atoms with Crippen molar-refractivity contribution in [1.82, 2.24) is 15.1 Å². The van der Waals surface area contributed by atoms with Gasteiger partial charge in [0.2, 0.25) is 11.8 Å². The van der Waals surface area contributed by atoms with E-state index in [2.05, 4.69) is 10.2 Å². The van der Waals surface area contributed by atoms with Gasteiger partial charge in [-0.1, -0.05) is 12.1 Å². The lowest BCUT2D eigenvalue weighted by Gasteiger charge is -2.35. The summed E-state index contributed by atoms with van der Waals surface area (Å²) in [6.07, 6.45) is -6.98. The first-order chi connectivity index (χ1) is 19.9. The van der Waals surface area contributed by atoms with Crippen molar-refractivity contribution in [3.05, 3.63) is 64.5 Å². The van der Waals surface area contributed by atoms with Crippen molar-refractivity contribution >= 4 is 23.4 Å². The summed E-state index contributed by atoms with van der Waals surface area (Å²) in [7, 11) is 0. The summed E-state index contributed by atoms with van der Waals surface area (Å²) in [5.41, 5.74) is 0.504. The first-order valence-corrected chi connectivity index (χ1v) is 11.7. The summed E-state index contributed by atoms with van der Waals surface area (Å²) >= 11 is 0. The molecule has 0 radical (unpaired) electrons. The van der Waals surface area contributed by atoms with Gasteiger partial charge in [-0.05, 0) is 50.0 Å². The number of hydrogen-bond donors (Lipinski definition) is 2. The van der Waals surface area contributed by atoms with Crippen LogP contribution in [0.3, 0.4) is 0 Å². The Balaban J connectivity index is 1.44. The molecule has 0 aromatic heterocycles. The summed E-state index contributed by atoms with van der Waals surface area (Å²) in [6, 6.07) is 5.24. The molecule has 9 heteroatoms. The summed E-state index contributed by atoms with van der Waals surface area (Å²) in [5.74, 6) is -5.08. The van der Waals surface area contributed by atoms with Crippen LogP contribution in [-0.4, -0.2) is 58.8 Å². The molecular weight excluding hydrogens is 463 g/mol. The highest BCUT2D eigenvalue weighted by Gasteiger charge is 2.39. The summed E-state index contributed by atoms with van der Waals surface area (Å²) < 4.78 is 79.4. The number of carbonyl (C=O) groups is 3. The number of halogens is 1. The average molecular weight is 502 g/mol. The predicted octanol–water partition coefficient (Wildman–Crippen LogP) is 2.81. The second-order valence-electron chi connectivity index (χ2n) is 9.09. The molecule has 2 fully saturated rings.